The highest BCUT2D eigenvalue weighted by molar-refractivity contribution is 7.32. The maximum absolute atomic E-state index is 10.6. The molecule has 0 aromatic heterocycles. The average molecular weight is 252 g/mol. The van der Waals surface area contributed by atoms with Gasteiger partial charge in [-0.3, -0.25) is 4.57 Å². The van der Waals surface area contributed by atoms with Gasteiger partial charge in [0, 0.05) is 0 Å². The molecule has 0 bridgehead atoms. The van der Waals surface area contributed by atoms with Crippen LogP contribution in [-0.4, -0.2) is 22.7 Å². The lowest BCUT2D eigenvalue weighted by Crippen LogP contribution is -2.29. The van der Waals surface area contributed by atoms with Gasteiger partial charge in [0.05, 0.1) is 17.8 Å². The van der Waals surface area contributed by atoms with Crippen molar-refractivity contribution in [1.29, 1.82) is 0 Å². The van der Waals surface area contributed by atoms with Gasteiger partial charge in [0.2, 0.25) is 0 Å². The van der Waals surface area contributed by atoms with Crippen LogP contribution in [0.25, 0.3) is 0 Å². The summed E-state index contributed by atoms with van der Waals surface area (Å²) in [5.41, 5.74) is -0.734. The van der Waals surface area contributed by atoms with Crippen LogP contribution in [0.5, 0.6) is 0 Å². The van der Waals surface area contributed by atoms with Crippen LogP contribution in [0, 0.1) is 0 Å². The Morgan fingerprint density at radius 2 is 1.69 bits per heavy atom. The molecule has 0 amide bonds. The second kappa shape index (κ2) is 6.75. The van der Waals surface area contributed by atoms with Gasteiger partial charge >= 0.3 is 8.25 Å². The van der Waals surface area contributed by atoms with Crippen LogP contribution >= 0.6 is 8.25 Å². The van der Waals surface area contributed by atoms with Gasteiger partial charge in [-0.25, -0.2) is 0 Å². The van der Waals surface area contributed by atoms with E-state index in [-0.39, 0.29) is 5.60 Å². The zero-order chi connectivity index (χ0) is 12.8. The first-order chi connectivity index (χ1) is 7.18. The lowest BCUT2D eigenvalue weighted by Gasteiger charge is -2.28. The Bertz CT molecular complexity index is 226. The van der Waals surface area contributed by atoms with Crippen molar-refractivity contribution in [2.45, 2.75) is 65.1 Å². The third-order valence-electron chi connectivity index (χ3n) is 2.41. The Hall–Kier alpha value is 0.110. The first-order valence-corrected chi connectivity index (χ1v) is 7.01. The molecule has 0 rings (SSSR count). The molecule has 0 heterocycles. The SMILES string of the molecule is CCCC(C)(C)OCCC(C)(C)O[PH](=O)O. The van der Waals surface area contributed by atoms with Gasteiger partial charge < -0.3 is 14.2 Å². The van der Waals surface area contributed by atoms with Gasteiger partial charge in [-0.05, 0) is 40.5 Å². The number of rotatable bonds is 8. The summed E-state index contributed by atoms with van der Waals surface area (Å²) in [5.74, 6) is 0. The zero-order valence-corrected chi connectivity index (χ0v) is 12.0. The maximum Gasteiger partial charge on any atom is 0.317 e. The van der Waals surface area contributed by atoms with Crippen LogP contribution in [0.2, 0.25) is 0 Å². The molecule has 1 N–H and O–H groups in total. The van der Waals surface area contributed by atoms with Crippen molar-refractivity contribution in [2.24, 2.45) is 0 Å². The smallest absolute Gasteiger partial charge is 0.317 e. The van der Waals surface area contributed by atoms with Gasteiger partial charge in [0.25, 0.3) is 0 Å². The second-order valence-corrected chi connectivity index (χ2v) is 5.97. The van der Waals surface area contributed by atoms with Crippen molar-refractivity contribution >= 4 is 8.25 Å². The molecule has 1 unspecified atom stereocenters. The van der Waals surface area contributed by atoms with Crippen LogP contribution in [0.1, 0.15) is 53.9 Å². The van der Waals surface area contributed by atoms with Crippen molar-refractivity contribution in [3.05, 3.63) is 0 Å². The molecule has 0 spiro atoms. The zero-order valence-electron chi connectivity index (χ0n) is 11.0. The lowest BCUT2D eigenvalue weighted by molar-refractivity contribution is -0.0453. The van der Waals surface area contributed by atoms with Gasteiger partial charge in [-0.2, -0.15) is 0 Å². The fourth-order valence-electron chi connectivity index (χ4n) is 1.53. The van der Waals surface area contributed by atoms with E-state index < -0.39 is 13.9 Å². The largest absolute Gasteiger partial charge is 0.375 e. The van der Waals surface area contributed by atoms with Gasteiger partial charge in [0.1, 0.15) is 0 Å². The lowest BCUT2D eigenvalue weighted by atomic mass is 10.0. The highest BCUT2D eigenvalue weighted by Gasteiger charge is 2.23. The van der Waals surface area contributed by atoms with Gasteiger partial charge in [-0.15, -0.1) is 0 Å². The monoisotopic (exact) mass is 252 g/mol. The van der Waals surface area contributed by atoms with E-state index in [1.54, 1.807) is 13.8 Å². The third kappa shape index (κ3) is 8.28. The van der Waals surface area contributed by atoms with Gasteiger partial charge in [0.15, 0.2) is 0 Å². The summed E-state index contributed by atoms with van der Waals surface area (Å²) in [6.07, 6.45) is 2.69. The number of hydrogen-bond donors (Lipinski definition) is 1. The normalized spacial score (nSPS) is 15.1. The summed E-state index contributed by atoms with van der Waals surface area (Å²) in [4.78, 5) is 8.71. The van der Waals surface area contributed by atoms with Crippen LogP contribution < -0.4 is 0 Å². The molecule has 0 radical (unpaired) electrons. The molecule has 0 aromatic carbocycles. The van der Waals surface area contributed by atoms with E-state index in [0.717, 1.165) is 12.8 Å². The van der Waals surface area contributed by atoms with E-state index >= 15 is 0 Å². The van der Waals surface area contributed by atoms with Gasteiger partial charge in [-0.1, -0.05) is 13.3 Å². The highest BCUT2D eigenvalue weighted by Crippen LogP contribution is 2.29. The molecule has 0 fully saturated rings. The Morgan fingerprint density at radius 1 is 1.12 bits per heavy atom. The average Bonchev–Trinajstić information content (AvgIpc) is 1.99. The van der Waals surface area contributed by atoms with Crippen molar-refractivity contribution in [1.82, 2.24) is 0 Å². The molecule has 16 heavy (non-hydrogen) atoms. The second-order valence-electron chi connectivity index (χ2n) is 5.24. The Kier molecular flexibility index (Phi) is 6.80. The van der Waals surface area contributed by atoms with Crippen LogP contribution in [-0.2, 0) is 13.8 Å². The summed E-state index contributed by atoms with van der Waals surface area (Å²) < 4.78 is 21.3. The Morgan fingerprint density at radius 3 is 2.12 bits per heavy atom. The van der Waals surface area contributed by atoms with E-state index in [4.69, 9.17) is 14.2 Å². The van der Waals surface area contributed by atoms with Crippen LogP contribution in [0.15, 0.2) is 0 Å². The molecule has 0 saturated carbocycles. The maximum atomic E-state index is 10.6. The van der Waals surface area contributed by atoms with E-state index in [0.29, 0.717) is 13.0 Å². The van der Waals surface area contributed by atoms with E-state index in [9.17, 15) is 4.57 Å². The van der Waals surface area contributed by atoms with Crippen molar-refractivity contribution < 1.29 is 18.7 Å². The summed E-state index contributed by atoms with van der Waals surface area (Å²) >= 11 is 0. The molecule has 0 aliphatic carbocycles. The molecule has 0 aliphatic rings. The fourth-order valence-corrected chi connectivity index (χ4v) is 2.11. The number of hydrogen-bond acceptors (Lipinski definition) is 3. The predicted molar refractivity (Wildman–Crippen MR) is 65.9 cm³/mol. The first-order valence-electron chi connectivity index (χ1n) is 5.74. The quantitative estimate of drug-likeness (QED) is 0.674. The summed E-state index contributed by atoms with van der Waals surface area (Å²) in [6.45, 7) is 10.4. The third-order valence-corrected chi connectivity index (χ3v) is 3.14. The minimum absolute atomic E-state index is 0.130. The first kappa shape index (κ1) is 16.1. The molecule has 0 aromatic rings. The van der Waals surface area contributed by atoms with Crippen molar-refractivity contribution in [2.75, 3.05) is 6.61 Å². The molecule has 0 aliphatic heterocycles. The minimum Gasteiger partial charge on any atom is -0.375 e. The molecule has 4 nitrogen and oxygen atoms in total. The Labute approximate surface area is 99.3 Å². The summed E-state index contributed by atoms with van der Waals surface area (Å²) in [5, 5.41) is 0. The topological polar surface area (TPSA) is 55.8 Å². The van der Waals surface area contributed by atoms with Crippen LogP contribution in [0.3, 0.4) is 0 Å². The van der Waals surface area contributed by atoms with Crippen molar-refractivity contribution in [3.8, 4) is 0 Å². The predicted octanol–water partition coefficient (Wildman–Crippen LogP) is 3.15. The minimum atomic E-state index is -2.87. The summed E-state index contributed by atoms with van der Waals surface area (Å²) in [7, 11) is -2.87. The molecular weight excluding hydrogens is 227 g/mol. The van der Waals surface area contributed by atoms with Crippen molar-refractivity contribution in [3.63, 3.8) is 0 Å². The standard InChI is InChI=1S/C11H25O4P/c1-6-7-10(2,3)14-9-8-11(4,5)15-16(12)13/h16H,6-9H2,1-5H3,(H,12,13). The summed E-state index contributed by atoms with van der Waals surface area (Å²) in [6, 6.07) is 0. The molecule has 5 heteroatoms. The molecular formula is C11H25O4P. The van der Waals surface area contributed by atoms with E-state index in [2.05, 4.69) is 20.8 Å². The Balaban J connectivity index is 3.92. The molecule has 98 valence electrons. The number of ether oxygens (including phenoxy) is 1. The highest BCUT2D eigenvalue weighted by atomic mass is 31.1. The fraction of sp³-hybridized carbons (Fsp3) is 1.00. The van der Waals surface area contributed by atoms with Crippen LogP contribution in [0.4, 0.5) is 0 Å². The molecule has 1 atom stereocenters. The van der Waals surface area contributed by atoms with E-state index in [1.165, 1.54) is 0 Å². The van der Waals surface area contributed by atoms with E-state index in [1.807, 2.05) is 0 Å². The molecule has 0 saturated heterocycles.